The first-order chi connectivity index (χ1) is 9.49. The Morgan fingerprint density at radius 1 is 1.50 bits per heavy atom. The van der Waals surface area contributed by atoms with E-state index >= 15 is 0 Å². The summed E-state index contributed by atoms with van der Waals surface area (Å²) in [5.74, 6) is 0.258. The molecule has 1 heterocycles. The molecule has 1 unspecified atom stereocenters. The van der Waals surface area contributed by atoms with Crippen LogP contribution in [0.4, 0.5) is 0 Å². The molecular weight excluding hydrogens is 252 g/mol. The quantitative estimate of drug-likeness (QED) is 0.701. The molecule has 20 heavy (non-hydrogen) atoms. The van der Waals surface area contributed by atoms with Crippen LogP contribution in [-0.4, -0.2) is 42.5 Å². The number of primary amides is 1. The van der Waals surface area contributed by atoms with Crippen molar-refractivity contribution in [3.63, 3.8) is 0 Å². The summed E-state index contributed by atoms with van der Waals surface area (Å²) in [4.78, 5) is 13.3. The highest BCUT2D eigenvalue weighted by Gasteiger charge is 2.26. The van der Waals surface area contributed by atoms with Crippen molar-refractivity contribution in [2.45, 2.75) is 51.5 Å². The maximum Gasteiger partial charge on any atom is 0.217 e. The van der Waals surface area contributed by atoms with Crippen molar-refractivity contribution in [1.82, 2.24) is 10.2 Å². The molecule has 0 spiro atoms. The Hall–Kier alpha value is -1.12. The van der Waals surface area contributed by atoms with E-state index in [-0.39, 0.29) is 5.91 Å². The summed E-state index contributed by atoms with van der Waals surface area (Å²) in [5.41, 5.74) is 4.81. The fourth-order valence-electron chi connectivity index (χ4n) is 2.67. The second-order valence-electron chi connectivity index (χ2n) is 6.08. The van der Waals surface area contributed by atoms with Crippen LogP contribution in [0, 0.1) is 17.2 Å². The van der Waals surface area contributed by atoms with Crippen molar-refractivity contribution >= 4 is 5.91 Å². The molecule has 1 rings (SSSR count). The number of piperidine rings is 1. The molecule has 0 aromatic carbocycles. The Morgan fingerprint density at radius 2 is 2.15 bits per heavy atom. The van der Waals surface area contributed by atoms with E-state index in [1.54, 1.807) is 0 Å². The van der Waals surface area contributed by atoms with Crippen molar-refractivity contribution in [2.24, 2.45) is 11.7 Å². The van der Waals surface area contributed by atoms with Crippen LogP contribution in [-0.2, 0) is 4.79 Å². The fraction of sp³-hybridized carbons (Fsp3) is 0.867. The molecule has 0 aromatic rings. The van der Waals surface area contributed by atoms with Gasteiger partial charge < -0.3 is 10.6 Å². The molecule has 5 heteroatoms. The van der Waals surface area contributed by atoms with Crippen molar-refractivity contribution in [3.8, 4) is 6.07 Å². The van der Waals surface area contributed by atoms with Crippen LogP contribution in [0.2, 0.25) is 0 Å². The number of nitrogens with zero attached hydrogens (tertiary/aromatic N) is 2. The third-order valence-electron chi connectivity index (χ3n) is 4.14. The Bertz CT molecular complexity index is 344. The molecule has 1 aliphatic rings. The minimum absolute atomic E-state index is 0.190. The molecule has 1 fully saturated rings. The summed E-state index contributed by atoms with van der Waals surface area (Å²) in [6.07, 6.45) is 4.46. The summed E-state index contributed by atoms with van der Waals surface area (Å²) in [7, 11) is 0. The van der Waals surface area contributed by atoms with E-state index in [0.29, 0.717) is 12.3 Å². The van der Waals surface area contributed by atoms with Gasteiger partial charge in [0.25, 0.3) is 0 Å². The Kier molecular flexibility index (Phi) is 6.97. The largest absolute Gasteiger partial charge is 0.370 e. The molecule has 1 saturated heterocycles. The van der Waals surface area contributed by atoms with E-state index in [1.165, 1.54) is 0 Å². The number of hydrogen-bond donors (Lipinski definition) is 2. The van der Waals surface area contributed by atoms with Crippen LogP contribution >= 0.6 is 0 Å². The van der Waals surface area contributed by atoms with Crippen molar-refractivity contribution in [1.29, 1.82) is 5.26 Å². The van der Waals surface area contributed by atoms with Gasteiger partial charge in [0, 0.05) is 13.0 Å². The molecule has 1 aliphatic heterocycles. The summed E-state index contributed by atoms with van der Waals surface area (Å²) in [5, 5.41) is 12.6. The van der Waals surface area contributed by atoms with Gasteiger partial charge in [0.15, 0.2) is 0 Å². The molecule has 0 saturated carbocycles. The van der Waals surface area contributed by atoms with Crippen LogP contribution in [0.5, 0.6) is 0 Å². The molecule has 1 atom stereocenters. The lowest BCUT2D eigenvalue weighted by Crippen LogP contribution is -2.45. The highest BCUT2D eigenvalue weighted by Crippen LogP contribution is 2.21. The van der Waals surface area contributed by atoms with Gasteiger partial charge in [-0.05, 0) is 58.2 Å². The maximum atomic E-state index is 10.9. The first-order valence-corrected chi connectivity index (χ1v) is 7.66. The van der Waals surface area contributed by atoms with E-state index < -0.39 is 5.54 Å². The summed E-state index contributed by atoms with van der Waals surface area (Å²) < 4.78 is 0. The number of nitrogens with one attached hydrogen (secondary N) is 1. The molecule has 1 amide bonds. The number of amides is 1. The van der Waals surface area contributed by atoms with E-state index in [2.05, 4.69) is 23.2 Å². The lowest BCUT2D eigenvalue weighted by molar-refractivity contribution is -0.119. The summed E-state index contributed by atoms with van der Waals surface area (Å²) in [6, 6.07) is 2.39. The normalized spacial score (nSPS) is 20.2. The molecule has 0 aliphatic carbocycles. The second-order valence-corrected chi connectivity index (χ2v) is 6.08. The van der Waals surface area contributed by atoms with Gasteiger partial charge >= 0.3 is 0 Å². The van der Waals surface area contributed by atoms with Crippen molar-refractivity contribution in [3.05, 3.63) is 0 Å². The maximum absolute atomic E-state index is 10.9. The highest BCUT2D eigenvalue weighted by molar-refractivity contribution is 5.73. The topological polar surface area (TPSA) is 82.2 Å². The minimum Gasteiger partial charge on any atom is -0.370 e. The van der Waals surface area contributed by atoms with Gasteiger partial charge in [-0.25, -0.2) is 0 Å². The molecule has 0 radical (unpaired) electrons. The average molecular weight is 280 g/mol. The van der Waals surface area contributed by atoms with Crippen LogP contribution in [0.15, 0.2) is 0 Å². The van der Waals surface area contributed by atoms with Crippen LogP contribution in [0.3, 0.4) is 0 Å². The lowest BCUT2D eigenvalue weighted by Gasteiger charge is -2.33. The first kappa shape index (κ1) is 16.9. The van der Waals surface area contributed by atoms with E-state index in [4.69, 9.17) is 5.73 Å². The van der Waals surface area contributed by atoms with Gasteiger partial charge in [0.1, 0.15) is 5.54 Å². The Labute approximate surface area is 122 Å². The number of carbonyl (C=O) groups excluding carboxylic acids is 1. The predicted octanol–water partition coefficient (Wildman–Crippen LogP) is 1.25. The summed E-state index contributed by atoms with van der Waals surface area (Å²) in [6.45, 7) is 7.91. The minimum atomic E-state index is -0.430. The number of carbonyl (C=O) groups is 1. The molecule has 3 N–H and O–H groups in total. The number of likely N-dealkylation sites (tertiary alicyclic amines) is 1. The Morgan fingerprint density at radius 3 is 2.65 bits per heavy atom. The fourth-order valence-corrected chi connectivity index (χ4v) is 2.67. The number of hydrogen-bond acceptors (Lipinski definition) is 4. The van der Waals surface area contributed by atoms with Gasteiger partial charge in [-0.3, -0.25) is 10.1 Å². The number of nitriles is 1. The van der Waals surface area contributed by atoms with E-state index in [0.717, 1.165) is 51.9 Å². The standard InChI is InChI=1S/C15H28N4O/c1-3-7-18-15(2,12-16)6-10-19-8-4-13(5-9-19)11-14(17)20/h13,18H,3-11H2,1-2H3,(H2,17,20). The Balaban J connectivity index is 2.29. The average Bonchev–Trinajstić information content (AvgIpc) is 2.44. The first-order valence-electron chi connectivity index (χ1n) is 7.66. The molecular formula is C15H28N4O. The third-order valence-corrected chi connectivity index (χ3v) is 4.14. The van der Waals surface area contributed by atoms with Crippen LogP contribution in [0.25, 0.3) is 0 Å². The molecule has 5 nitrogen and oxygen atoms in total. The SMILES string of the molecule is CCCNC(C)(C#N)CCN1CCC(CC(N)=O)CC1. The van der Waals surface area contributed by atoms with Crippen molar-refractivity contribution < 1.29 is 4.79 Å². The zero-order chi connectivity index (χ0) is 15.0. The number of nitrogens with two attached hydrogens (primary N) is 1. The van der Waals surface area contributed by atoms with Crippen LogP contribution < -0.4 is 11.1 Å². The molecule has 0 aromatic heterocycles. The van der Waals surface area contributed by atoms with Gasteiger partial charge in [-0.2, -0.15) is 5.26 Å². The summed E-state index contributed by atoms with van der Waals surface area (Å²) >= 11 is 0. The lowest BCUT2D eigenvalue weighted by atomic mass is 9.92. The molecule has 114 valence electrons. The number of rotatable bonds is 8. The molecule has 0 bridgehead atoms. The predicted molar refractivity (Wildman–Crippen MR) is 79.9 cm³/mol. The third kappa shape index (κ3) is 5.89. The van der Waals surface area contributed by atoms with Crippen LogP contribution in [0.1, 0.15) is 46.0 Å². The zero-order valence-electron chi connectivity index (χ0n) is 12.8. The van der Waals surface area contributed by atoms with Crippen molar-refractivity contribution in [2.75, 3.05) is 26.2 Å². The second kappa shape index (κ2) is 8.23. The smallest absolute Gasteiger partial charge is 0.217 e. The zero-order valence-corrected chi connectivity index (χ0v) is 12.8. The highest BCUT2D eigenvalue weighted by atomic mass is 16.1. The monoisotopic (exact) mass is 280 g/mol. The van der Waals surface area contributed by atoms with Gasteiger partial charge in [-0.1, -0.05) is 6.92 Å². The van der Waals surface area contributed by atoms with Gasteiger partial charge in [0.2, 0.25) is 5.91 Å². The van der Waals surface area contributed by atoms with Gasteiger partial charge in [0.05, 0.1) is 6.07 Å². The van der Waals surface area contributed by atoms with E-state index in [9.17, 15) is 10.1 Å². The van der Waals surface area contributed by atoms with E-state index in [1.807, 2.05) is 6.92 Å². The van der Waals surface area contributed by atoms with Gasteiger partial charge in [-0.15, -0.1) is 0 Å².